The number of likely N-dealkylation sites (tertiary alicyclic amines) is 1. The minimum absolute atomic E-state index is 0.0544. The van der Waals surface area contributed by atoms with Crippen LogP contribution >= 0.6 is 11.6 Å². The van der Waals surface area contributed by atoms with Gasteiger partial charge in [0.1, 0.15) is 0 Å². The molecule has 1 aromatic heterocycles. The first-order valence-corrected chi connectivity index (χ1v) is 14.3. The van der Waals surface area contributed by atoms with Gasteiger partial charge in [0, 0.05) is 29.4 Å². The zero-order valence-electron chi connectivity index (χ0n) is 20.1. The molecule has 2 aromatic carbocycles. The van der Waals surface area contributed by atoms with Gasteiger partial charge in [-0.05, 0) is 69.5 Å². The van der Waals surface area contributed by atoms with Crippen molar-refractivity contribution in [2.75, 3.05) is 25.4 Å². The summed E-state index contributed by atoms with van der Waals surface area (Å²) in [6, 6.07) is 15.7. The van der Waals surface area contributed by atoms with E-state index >= 15 is 0 Å². The highest BCUT2D eigenvalue weighted by molar-refractivity contribution is 7.89. The molecule has 1 aliphatic rings. The molecule has 0 amide bonds. The Morgan fingerprint density at radius 2 is 1.83 bits per heavy atom. The van der Waals surface area contributed by atoms with E-state index in [2.05, 4.69) is 9.62 Å². The summed E-state index contributed by atoms with van der Waals surface area (Å²) in [7, 11) is -3.14. The Hall–Kier alpha value is -2.26. The molecule has 188 valence electrons. The average molecular weight is 517 g/mol. The van der Waals surface area contributed by atoms with E-state index in [1.165, 1.54) is 0 Å². The monoisotopic (exact) mass is 516 g/mol. The summed E-state index contributed by atoms with van der Waals surface area (Å²) < 4.78 is 27.5. The van der Waals surface area contributed by atoms with Crippen molar-refractivity contribution in [2.24, 2.45) is 0 Å². The molecule has 2 heterocycles. The van der Waals surface area contributed by atoms with Gasteiger partial charge in [0.15, 0.2) is 0 Å². The van der Waals surface area contributed by atoms with Crippen LogP contribution in [0.15, 0.2) is 53.3 Å². The quantitative estimate of drug-likeness (QED) is 0.392. The molecule has 0 radical (unpaired) electrons. The number of hydrogen-bond donors (Lipinski definition) is 1. The number of benzene rings is 2. The van der Waals surface area contributed by atoms with Gasteiger partial charge in [0.05, 0.1) is 23.4 Å². The molecule has 35 heavy (non-hydrogen) atoms. The summed E-state index contributed by atoms with van der Waals surface area (Å²) in [5, 5.41) is 7.11. The lowest BCUT2D eigenvalue weighted by Gasteiger charge is -2.25. The van der Waals surface area contributed by atoms with Crippen LogP contribution in [0, 0.1) is 0 Å². The Balaban J connectivity index is 1.47. The van der Waals surface area contributed by atoms with Crippen LogP contribution in [0.1, 0.15) is 43.9 Å². The summed E-state index contributed by atoms with van der Waals surface area (Å²) in [6.07, 6.45) is 4.44. The van der Waals surface area contributed by atoms with Gasteiger partial charge < -0.3 is 0 Å². The van der Waals surface area contributed by atoms with Gasteiger partial charge in [-0.25, -0.2) is 17.8 Å². The predicted octanol–water partition coefficient (Wildman–Crippen LogP) is 3.82. The van der Waals surface area contributed by atoms with E-state index in [1.54, 1.807) is 11.6 Å². The van der Waals surface area contributed by atoms with Crippen LogP contribution < -0.4 is 10.3 Å². The third-order valence-corrected chi connectivity index (χ3v) is 8.34. The summed E-state index contributed by atoms with van der Waals surface area (Å²) in [4.78, 5) is 15.7. The number of aromatic nitrogens is 2. The van der Waals surface area contributed by atoms with E-state index in [4.69, 9.17) is 16.7 Å². The number of hydrogen-bond acceptors (Lipinski definition) is 5. The highest BCUT2D eigenvalue weighted by atomic mass is 35.5. The van der Waals surface area contributed by atoms with E-state index in [1.807, 2.05) is 48.5 Å². The first-order chi connectivity index (χ1) is 16.9. The molecule has 1 saturated heterocycles. The Morgan fingerprint density at radius 3 is 2.57 bits per heavy atom. The van der Waals surface area contributed by atoms with Crippen LogP contribution in [0.4, 0.5) is 0 Å². The van der Waals surface area contributed by atoms with Crippen molar-refractivity contribution in [3.63, 3.8) is 0 Å². The molecule has 1 atom stereocenters. The number of fused-ring (bicyclic) bond motifs is 1. The number of rotatable bonds is 11. The van der Waals surface area contributed by atoms with Gasteiger partial charge in [-0.3, -0.25) is 9.69 Å². The summed E-state index contributed by atoms with van der Waals surface area (Å²) in [5.41, 5.74) is 1.93. The fourth-order valence-electron chi connectivity index (χ4n) is 4.72. The molecule has 0 aliphatic carbocycles. The standard InChI is InChI=1S/C26H33ClN4O3S/c1-2-35(33,34)28-15-5-6-16-30-17-7-8-22(30)19-31-26(32)24-10-4-3-9-23(24)25(29-31)18-20-11-13-21(27)14-12-20/h3-4,9-14,22,28H,2,5-8,15-19H2,1H3/t22-/m1/s1. The molecular weight excluding hydrogens is 484 g/mol. The lowest BCUT2D eigenvalue weighted by atomic mass is 10.0. The second kappa shape index (κ2) is 11.6. The van der Waals surface area contributed by atoms with Crippen molar-refractivity contribution in [1.29, 1.82) is 0 Å². The maximum atomic E-state index is 13.3. The topological polar surface area (TPSA) is 84.3 Å². The fraction of sp³-hybridized carbons (Fsp3) is 0.462. The molecule has 1 aliphatic heterocycles. The van der Waals surface area contributed by atoms with Crippen LogP contribution in [0.3, 0.4) is 0 Å². The van der Waals surface area contributed by atoms with Crippen molar-refractivity contribution in [3.8, 4) is 0 Å². The third kappa shape index (κ3) is 6.70. The van der Waals surface area contributed by atoms with E-state index in [0.717, 1.165) is 55.4 Å². The van der Waals surface area contributed by atoms with Crippen molar-refractivity contribution < 1.29 is 8.42 Å². The largest absolute Gasteiger partial charge is 0.299 e. The Morgan fingerprint density at radius 1 is 1.09 bits per heavy atom. The molecule has 4 rings (SSSR count). The van der Waals surface area contributed by atoms with E-state index in [-0.39, 0.29) is 17.4 Å². The number of nitrogens with one attached hydrogen (secondary N) is 1. The van der Waals surface area contributed by atoms with Gasteiger partial charge in [-0.1, -0.05) is 41.9 Å². The zero-order chi connectivity index (χ0) is 24.8. The highest BCUT2D eigenvalue weighted by Gasteiger charge is 2.25. The van der Waals surface area contributed by atoms with Crippen LogP contribution in [0.2, 0.25) is 5.02 Å². The number of nitrogens with zero attached hydrogens (tertiary/aromatic N) is 3. The Kier molecular flexibility index (Phi) is 8.59. The second-order valence-corrected chi connectivity index (χ2v) is 11.7. The second-order valence-electron chi connectivity index (χ2n) is 9.12. The van der Waals surface area contributed by atoms with Gasteiger partial charge in [0.25, 0.3) is 5.56 Å². The van der Waals surface area contributed by atoms with Crippen LogP contribution in [-0.4, -0.2) is 54.5 Å². The third-order valence-electron chi connectivity index (χ3n) is 6.69. The van der Waals surface area contributed by atoms with E-state index in [0.29, 0.717) is 29.9 Å². The highest BCUT2D eigenvalue weighted by Crippen LogP contribution is 2.21. The minimum Gasteiger partial charge on any atom is -0.299 e. The zero-order valence-corrected chi connectivity index (χ0v) is 21.7. The average Bonchev–Trinajstić information content (AvgIpc) is 3.30. The van der Waals surface area contributed by atoms with E-state index in [9.17, 15) is 13.2 Å². The van der Waals surface area contributed by atoms with Crippen molar-refractivity contribution >= 4 is 32.4 Å². The summed E-state index contributed by atoms with van der Waals surface area (Å²) in [6.45, 7) is 4.54. The predicted molar refractivity (Wildman–Crippen MR) is 142 cm³/mol. The molecule has 9 heteroatoms. The van der Waals surface area contributed by atoms with Crippen molar-refractivity contribution in [3.05, 3.63) is 75.2 Å². The molecule has 7 nitrogen and oxygen atoms in total. The summed E-state index contributed by atoms with van der Waals surface area (Å²) >= 11 is 6.05. The maximum Gasteiger partial charge on any atom is 0.274 e. The lowest BCUT2D eigenvalue weighted by Crippen LogP contribution is -2.38. The van der Waals surface area contributed by atoms with Gasteiger partial charge in [-0.15, -0.1) is 0 Å². The first kappa shape index (κ1) is 25.8. The van der Waals surface area contributed by atoms with Crippen LogP contribution in [-0.2, 0) is 23.0 Å². The van der Waals surface area contributed by atoms with Gasteiger partial charge in [-0.2, -0.15) is 5.10 Å². The Bertz CT molecular complexity index is 1310. The van der Waals surface area contributed by atoms with Crippen LogP contribution in [0.25, 0.3) is 10.8 Å². The fourth-order valence-corrected chi connectivity index (χ4v) is 5.51. The molecule has 0 spiro atoms. The molecule has 1 N–H and O–H groups in total. The molecule has 1 fully saturated rings. The summed E-state index contributed by atoms with van der Waals surface area (Å²) in [5.74, 6) is 0.106. The molecule has 0 bridgehead atoms. The number of sulfonamides is 1. The number of unbranched alkanes of at least 4 members (excludes halogenated alkanes) is 1. The van der Waals surface area contributed by atoms with Crippen molar-refractivity contribution in [2.45, 2.75) is 51.6 Å². The van der Waals surface area contributed by atoms with Gasteiger partial charge >= 0.3 is 0 Å². The Labute approximate surface area is 212 Å². The molecular formula is C26H33ClN4O3S. The van der Waals surface area contributed by atoms with E-state index < -0.39 is 10.0 Å². The lowest BCUT2D eigenvalue weighted by molar-refractivity contribution is 0.221. The van der Waals surface area contributed by atoms with Crippen molar-refractivity contribution in [1.82, 2.24) is 19.4 Å². The van der Waals surface area contributed by atoms with Crippen LogP contribution in [0.5, 0.6) is 0 Å². The SMILES string of the molecule is CCS(=O)(=O)NCCCCN1CCC[C@@H]1Cn1nc(Cc2ccc(Cl)cc2)c2ccccc2c1=O. The minimum atomic E-state index is -3.14. The first-order valence-electron chi connectivity index (χ1n) is 12.3. The smallest absolute Gasteiger partial charge is 0.274 e. The molecule has 3 aromatic rings. The molecule has 0 saturated carbocycles. The van der Waals surface area contributed by atoms with Gasteiger partial charge in [0.2, 0.25) is 10.0 Å². The molecule has 0 unspecified atom stereocenters. The maximum absolute atomic E-state index is 13.3. The number of halogens is 1. The normalized spacial score (nSPS) is 16.8.